The molecule has 0 aromatic heterocycles. The minimum absolute atomic E-state index is 0.622. The average molecular weight is 229 g/mol. The van der Waals surface area contributed by atoms with E-state index in [4.69, 9.17) is 0 Å². The first-order valence-corrected chi connectivity index (χ1v) is 7.27. The standard InChI is InChI=1S/C16H23N/c1-5-11-15-13(7-1)8-2-6-12-16(15)17-14-9-3-4-10-14/h1,5,7,11,14,16-17H,2-4,6,8-10,12H2. The minimum atomic E-state index is 0.622. The molecule has 0 radical (unpaired) electrons. The monoisotopic (exact) mass is 229 g/mol. The van der Waals surface area contributed by atoms with Crippen molar-refractivity contribution in [1.82, 2.24) is 5.32 Å². The van der Waals surface area contributed by atoms with E-state index in [0.717, 1.165) is 6.04 Å². The average Bonchev–Trinajstić information content (AvgIpc) is 2.78. The third-order valence-corrected chi connectivity index (χ3v) is 4.41. The van der Waals surface area contributed by atoms with E-state index in [1.165, 1.54) is 51.4 Å². The van der Waals surface area contributed by atoms with Crippen molar-refractivity contribution >= 4 is 0 Å². The molecule has 2 aliphatic carbocycles. The second-order valence-electron chi connectivity index (χ2n) is 5.65. The Labute approximate surface area is 105 Å². The molecule has 1 atom stereocenters. The van der Waals surface area contributed by atoms with Crippen molar-refractivity contribution in [3.63, 3.8) is 0 Å². The van der Waals surface area contributed by atoms with E-state index in [0.29, 0.717) is 6.04 Å². The summed E-state index contributed by atoms with van der Waals surface area (Å²) in [5, 5.41) is 3.91. The highest BCUT2D eigenvalue weighted by molar-refractivity contribution is 5.31. The zero-order chi connectivity index (χ0) is 11.5. The van der Waals surface area contributed by atoms with Gasteiger partial charge in [-0.3, -0.25) is 0 Å². The van der Waals surface area contributed by atoms with Crippen molar-refractivity contribution in [3.05, 3.63) is 35.4 Å². The highest BCUT2D eigenvalue weighted by Crippen LogP contribution is 2.30. The molecule has 1 fully saturated rings. The lowest BCUT2D eigenvalue weighted by molar-refractivity contribution is 0.416. The number of aryl methyl sites for hydroxylation is 1. The van der Waals surface area contributed by atoms with Crippen LogP contribution in [-0.4, -0.2) is 6.04 Å². The van der Waals surface area contributed by atoms with Gasteiger partial charge in [0.1, 0.15) is 0 Å². The van der Waals surface area contributed by atoms with Crippen LogP contribution in [0.25, 0.3) is 0 Å². The molecule has 0 saturated heterocycles. The van der Waals surface area contributed by atoms with Crippen LogP contribution in [0.4, 0.5) is 0 Å². The van der Waals surface area contributed by atoms with Crippen LogP contribution in [0.5, 0.6) is 0 Å². The van der Waals surface area contributed by atoms with E-state index < -0.39 is 0 Å². The van der Waals surface area contributed by atoms with Gasteiger partial charge in [0, 0.05) is 12.1 Å². The maximum absolute atomic E-state index is 3.91. The highest BCUT2D eigenvalue weighted by atomic mass is 15.0. The topological polar surface area (TPSA) is 12.0 Å². The molecule has 1 nitrogen and oxygen atoms in total. The third kappa shape index (κ3) is 2.55. The van der Waals surface area contributed by atoms with E-state index in [9.17, 15) is 0 Å². The first-order chi connectivity index (χ1) is 8.43. The van der Waals surface area contributed by atoms with Crippen molar-refractivity contribution in [2.75, 3.05) is 0 Å². The summed E-state index contributed by atoms with van der Waals surface area (Å²) >= 11 is 0. The molecule has 0 amide bonds. The third-order valence-electron chi connectivity index (χ3n) is 4.41. The Morgan fingerprint density at radius 2 is 1.65 bits per heavy atom. The van der Waals surface area contributed by atoms with Crippen LogP contribution >= 0.6 is 0 Å². The first kappa shape index (κ1) is 11.3. The zero-order valence-corrected chi connectivity index (χ0v) is 10.6. The van der Waals surface area contributed by atoms with Gasteiger partial charge in [-0.2, -0.15) is 0 Å². The van der Waals surface area contributed by atoms with E-state index >= 15 is 0 Å². The van der Waals surface area contributed by atoms with Gasteiger partial charge in [0.05, 0.1) is 0 Å². The van der Waals surface area contributed by atoms with Crippen LogP contribution in [0.3, 0.4) is 0 Å². The van der Waals surface area contributed by atoms with Crippen LogP contribution in [-0.2, 0) is 6.42 Å². The molecule has 0 bridgehead atoms. The SMILES string of the molecule is c1ccc2c(c1)CCCCC2NC1CCCC1. The summed E-state index contributed by atoms with van der Waals surface area (Å²) in [6.07, 6.45) is 11.0. The lowest BCUT2D eigenvalue weighted by atomic mass is 9.98. The number of hydrogen-bond acceptors (Lipinski definition) is 1. The van der Waals surface area contributed by atoms with Gasteiger partial charge in [-0.25, -0.2) is 0 Å². The zero-order valence-electron chi connectivity index (χ0n) is 10.6. The largest absolute Gasteiger partial charge is 0.307 e. The summed E-state index contributed by atoms with van der Waals surface area (Å²) < 4.78 is 0. The molecule has 1 N–H and O–H groups in total. The number of nitrogens with one attached hydrogen (secondary N) is 1. The normalized spacial score (nSPS) is 25.5. The number of benzene rings is 1. The van der Waals surface area contributed by atoms with E-state index in [1.54, 1.807) is 11.1 Å². The molecule has 17 heavy (non-hydrogen) atoms. The molecular formula is C16H23N. The van der Waals surface area contributed by atoms with Crippen molar-refractivity contribution in [1.29, 1.82) is 0 Å². The van der Waals surface area contributed by atoms with Gasteiger partial charge in [-0.05, 0) is 43.2 Å². The molecule has 1 saturated carbocycles. The summed E-state index contributed by atoms with van der Waals surface area (Å²) in [5.41, 5.74) is 3.16. The first-order valence-electron chi connectivity index (χ1n) is 7.27. The van der Waals surface area contributed by atoms with Crippen LogP contribution in [0.2, 0.25) is 0 Å². The molecule has 1 aromatic rings. The summed E-state index contributed by atoms with van der Waals surface area (Å²) in [5.74, 6) is 0. The van der Waals surface area contributed by atoms with Gasteiger partial charge < -0.3 is 5.32 Å². The van der Waals surface area contributed by atoms with Gasteiger partial charge in [0.15, 0.2) is 0 Å². The maximum atomic E-state index is 3.91. The molecule has 2 aliphatic rings. The fourth-order valence-electron chi connectivity index (χ4n) is 3.47. The lowest BCUT2D eigenvalue weighted by Crippen LogP contribution is -2.30. The Bertz CT molecular complexity index is 366. The maximum Gasteiger partial charge on any atom is 0.0325 e. The molecule has 92 valence electrons. The molecule has 0 heterocycles. The predicted octanol–water partition coefficient (Wildman–Crippen LogP) is 3.99. The number of hydrogen-bond donors (Lipinski definition) is 1. The van der Waals surface area contributed by atoms with E-state index in [-0.39, 0.29) is 0 Å². The van der Waals surface area contributed by atoms with E-state index in [1.807, 2.05) is 0 Å². The molecule has 1 unspecified atom stereocenters. The molecule has 1 heteroatoms. The molecular weight excluding hydrogens is 206 g/mol. The summed E-state index contributed by atoms with van der Waals surface area (Å²) in [7, 11) is 0. The molecule has 3 rings (SSSR count). The Morgan fingerprint density at radius 3 is 2.53 bits per heavy atom. The highest BCUT2D eigenvalue weighted by Gasteiger charge is 2.22. The van der Waals surface area contributed by atoms with Crippen LogP contribution < -0.4 is 5.32 Å². The van der Waals surface area contributed by atoms with Crippen LogP contribution in [0.1, 0.15) is 62.1 Å². The molecule has 0 spiro atoms. The number of rotatable bonds is 2. The number of fused-ring (bicyclic) bond motifs is 1. The summed E-state index contributed by atoms with van der Waals surface area (Å²) in [6.45, 7) is 0. The fourth-order valence-corrected chi connectivity index (χ4v) is 3.47. The van der Waals surface area contributed by atoms with Crippen molar-refractivity contribution < 1.29 is 0 Å². The Balaban J connectivity index is 1.78. The summed E-state index contributed by atoms with van der Waals surface area (Å²) in [6, 6.07) is 10.5. The van der Waals surface area contributed by atoms with Gasteiger partial charge in [-0.1, -0.05) is 43.5 Å². The Morgan fingerprint density at radius 1 is 0.882 bits per heavy atom. The second kappa shape index (κ2) is 5.22. The Hall–Kier alpha value is -0.820. The van der Waals surface area contributed by atoms with Gasteiger partial charge >= 0.3 is 0 Å². The lowest BCUT2D eigenvalue weighted by Gasteiger charge is -2.23. The van der Waals surface area contributed by atoms with Crippen LogP contribution in [0.15, 0.2) is 24.3 Å². The van der Waals surface area contributed by atoms with Crippen molar-refractivity contribution in [2.24, 2.45) is 0 Å². The van der Waals surface area contributed by atoms with Gasteiger partial charge in [0.2, 0.25) is 0 Å². The minimum Gasteiger partial charge on any atom is -0.307 e. The quantitative estimate of drug-likeness (QED) is 0.756. The van der Waals surface area contributed by atoms with Crippen LogP contribution in [0, 0.1) is 0 Å². The predicted molar refractivity (Wildman–Crippen MR) is 72.1 cm³/mol. The molecule has 0 aliphatic heterocycles. The Kier molecular flexibility index (Phi) is 3.46. The van der Waals surface area contributed by atoms with Crippen molar-refractivity contribution in [3.8, 4) is 0 Å². The van der Waals surface area contributed by atoms with E-state index in [2.05, 4.69) is 29.6 Å². The molecule has 1 aromatic carbocycles. The second-order valence-corrected chi connectivity index (χ2v) is 5.65. The van der Waals surface area contributed by atoms with Crippen molar-refractivity contribution in [2.45, 2.75) is 63.5 Å². The van der Waals surface area contributed by atoms with Gasteiger partial charge in [0.25, 0.3) is 0 Å². The van der Waals surface area contributed by atoms with Gasteiger partial charge in [-0.15, -0.1) is 0 Å². The fraction of sp³-hybridized carbons (Fsp3) is 0.625. The smallest absolute Gasteiger partial charge is 0.0325 e. The summed E-state index contributed by atoms with van der Waals surface area (Å²) in [4.78, 5) is 0.